The molecule has 1 heterocycles. The number of carbonyl (C=O) groups is 1. The van der Waals surface area contributed by atoms with E-state index in [9.17, 15) is 31.6 Å². The standard InChI is InChI=1S/C29H39F3N4O4S/c1-19(2)35-11-13-36(14-12-35)20-7-8-26(24(15-20)29(30,31)32)41(38,39)22-16-23(27(37)34-28(18-33)9-10-28)25(17-22)40-21-5-3-4-6-21/h7-8,15,19,21-23,25H,3-6,9-14,16-17H2,1-2H3,(H,34,37)/t22-,23-,25-/m0/s1. The summed E-state index contributed by atoms with van der Waals surface area (Å²) in [6.45, 7) is 6.66. The summed E-state index contributed by atoms with van der Waals surface area (Å²) in [5.41, 5.74) is -1.77. The predicted molar refractivity (Wildman–Crippen MR) is 147 cm³/mol. The summed E-state index contributed by atoms with van der Waals surface area (Å²) in [5.74, 6) is -1.32. The first-order valence-electron chi connectivity index (χ1n) is 14.7. The Kier molecular flexibility index (Phi) is 8.36. The molecule has 0 radical (unpaired) electrons. The highest BCUT2D eigenvalue weighted by molar-refractivity contribution is 7.92. The van der Waals surface area contributed by atoms with Gasteiger partial charge in [0.1, 0.15) is 5.54 Å². The van der Waals surface area contributed by atoms with E-state index in [-0.39, 0.29) is 18.9 Å². The van der Waals surface area contributed by atoms with Crippen LogP contribution in [-0.2, 0) is 25.5 Å². The van der Waals surface area contributed by atoms with E-state index in [1.165, 1.54) is 6.07 Å². The number of rotatable bonds is 8. The van der Waals surface area contributed by atoms with Gasteiger partial charge in [-0.3, -0.25) is 9.69 Å². The first kappa shape index (κ1) is 30.1. The Bertz CT molecular complexity index is 1280. The molecule has 1 aromatic carbocycles. The maximum absolute atomic E-state index is 14.4. The number of anilines is 1. The van der Waals surface area contributed by atoms with Crippen LogP contribution in [-0.4, -0.2) is 74.4 Å². The molecule has 3 aliphatic carbocycles. The molecule has 0 unspecified atom stereocenters. The second kappa shape index (κ2) is 11.4. The molecular formula is C29H39F3N4O4S. The van der Waals surface area contributed by atoms with Gasteiger partial charge in [-0.2, -0.15) is 18.4 Å². The third-order valence-corrected chi connectivity index (χ3v) is 11.4. The fraction of sp³-hybridized carbons (Fsp3) is 0.724. The fourth-order valence-corrected chi connectivity index (χ4v) is 8.49. The molecule has 8 nitrogen and oxygen atoms in total. The van der Waals surface area contributed by atoms with E-state index in [0.717, 1.165) is 37.8 Å². The van der Waals surface area contributed by atoms with Gasteiger partial charge in [0.15, 0.2) is 9.84 Å². The maximum atomic E-state index is 14.4. The van der Waals surface area contributed by atoms with Crippen molar-refractivity contribution >= 4 is 21.4 Å². The predicted octanol–water partition coefficient (Wildman–Crippen LogP) is 4.29. The van der Waals surface area contributed by atoms with Crippen molar-refractivity contribution in [1.29, 1.82) is 5.26 Å². The minimum Gasteiger partial charge on any atom is -0.374 e. The third-order valence-electron chi connectivity index (χ3n) is 9.22. The molecule has 12 heteroatoms. The normalized spacial score (nSPS) is 27.2. The van der Waals surface area contributed by atoms with Crippen molar-refractivity contribution in [2.24, 2.45) is 5.92 Å². The van der Waals surface area contributed by atoms with Gasteiger partial charge in [0.2, 0.25) is 5.91 Å². The largest absolute Gasteiger partial charge is 0.417 e. The summed E-state index contributed by atoms with van der Waals surface area (Å²) >= 11 is 0. The van der Waals surface area contributed by atoms with Crippen molar-refractivity contribution in [3.05, 3.63) is 23.8 Å². The van der Waals surface area contributed by atoms with Crippen LogP contribution in [0.2, 0.25) is 0 Å². The molecule has 0 spiro atoms. The molecule has 1 aromatic rings. The number of hydrogen-bond donors (Lipinski definition) is 1. The van der Waals surface area contributed by atoms with Crippen LogP contribution >= 0.6 is 0 Å². The van der Waals surface area contributed by atoms with E-state index < -0.39 is 55.2 Å². The van der Waals surface area contributed by atoms with Crippen LogP contribution in [0.4, 0.5) is 18.9 Å². The molecule has 1 amide bonds. The summed E-state index contributed by atoms with van der Waals surface area (Å²) in [6, 6.07) is 5.93. The maximum Gasteiger partial charge on any atom is 0.417 e. The van der Waals surface area contributed by atoms with Crippen molar-refractivity contribution in [1.82, 2.24) is 10.2 Å². The molecule has 1 saturated heterocycles. The number of nitrogens with zero attached hydrogens (tertiary/aromatic N) is 3. The quantitative estimate of drug-likeness (QED) is 0.478. The van der Waals surface area contributed by atoms with Crippen LogP contribution in [0, 0.1) is 17.2 Å². The third kappa shape index (κ3) is 6.37. The number of benzene rings is 1. The molecule has 4 aliphatic rings. The Labute approximate surface area is 240 Å². The number of nitriles is 1. The number of halogens is 3. The fourth-order valence-electron chi connectivity index (χ4n) is 6.48. The second-order valence-corrected chi connectivity index (χ2v) is 14.5. The Morgan fingerprint density at radius 1 is 1.12 bits per heavy atom. The minimum absolute atomic E-state index is 0.0628. The van der Waals surface area contributed by atoms with Gasteiger partial charge in [-0.05, 0) is 70.6 Å². The van der Waals surface area contributed by atoms with Crippen molar-refractivity contribution in [3.8, 4) is 6.07 Å². The SMILES string of the molecule is CC(C)N1CCN(c2ccc(S(=O)(=O)[C@@H]3C[C@H](OC4CCCC4)[C@@H](C(=O)NC4(C#N)CC4)C3)c(C(F)(F)F)c2)CC1. The van der Waals surface area contributed by atoms with Crippen molar-refractivity contribution in [2.45, 2.75) is 105 Å². The molecule has 41 heavy (non-hydrogen) atoms. The molecule has 1 N–H and O–H groups in total. The number of ether oxygens (including phenoxy) is 1. The second-order valence-electron chi connectivity index (χ2n) is 12.3. The number of hydrogen-bond acceptors (Lipinski definition) is 7. The average molecular weight is 597 g/mol. The average Bonchev–Trinajstić information content (AvgIpc) is 3.30. The highest BCUT2D eigenvalue weighted by atomic mass is 32.2. The van der Waals surface area contributed by atoms with Crippen LogP contribution in [0.5, 0.6) is 0 Å². The van der Waals surface area contributed by atoms with E-state index in [4.69, 9.17) is 4.74 Å². The first-order valence-corrected chi connectivity index (χ1v) is 16.2. The monoisotopic (exact) mass is 596 g/mol. The molecule has 3 atom stereocenters. The van der Waals surface area contributed by atoms with Gasteiger partial charge in [0.25, 0.3) is 0 Å². The van der Waals surface area contributed by atoms with E-state index in [1.807, 2.05) is 4.90 Å². The summed E-state index contributed by atoms with van der Waals surface area (Å²) in [5, 5.41) is 11.0. The van der Waals surface area contributed by atoms with E-state index in [2.05, 4.69) is 30.1 Å². The highest BCUT2D eigenvalue weighted by Gasteiger charge is 2.51. The number of piperazine rings is 1. The summed E-state index contributed by atoms with van der Waals surface area (Å²) in [6.07, 6.45) is -1.35. The van der Waals surface area contributed by atoms with Gasteiger partial charge in [0, 0.05) is 37.9 Å². The van der Waals surface area contributed by atoms with E-state index in [0.29, 0.717) is 50.7 Å². The molecule has 3 saturated carbocycles. The summed E-state index contributed by atoms with van der Waals surface area (Å²) in [4.78, 5) is 16.6. The van der Waals surface area contributed by atoms with Crippen LogP contribution in [0.25, 0.3) is 0 Å². The lowest BCUT2D eigenvalue weighted by Crippen LogP contribution is -2.49. The lowest BCUT2D eigenvalue weighted by atomic mass is 10.0. The van der Waals surface area contributed by atoms with Gasteiger partial charge in [-0.15, -0.1) is 0 Å². The zero-order valence-corrected chi connectivity index (χ0v) is 24.4. The zero-order chi connectivity index (χ0) is 29.6. The number of alkyl halides is 3. The zero-order valence-electron chi connectivity index (χ0n) is 23.6. The van der Waals surface area contributed by atoms with Gasteiger partial charge in [-0.1, -0.05) is 12.8 Å². The van der Waals surface area contributed by atoms with Gasteiger partial charge in [-0.25, -0.2) is 8.42 Å². The number of amides is 1. The summed E-state index contributed by atoms with van der Waals surface area (Å²) in [7, 11) is -4.46. The van der Waals surface area contributed by atoms with Crippen LogP contribution in [0.1, 0.15) is 70.8 Å². The lowest BCUT2D eigenvalue weighted by molar-refractivity contribution is -0.139. The molecule has 226 valence electrons. The van der Waals surface area contributed by atoms with E-state index >= 15 is 0 Å². The van der Waals surface area contributed by atoms with Crippen molar-refractivity contribution in [3.63, 3.8) is 0 Å². The molecule has 4 fully saturated rings. The van der Waals surface area contributed by atoms with Crippen molar-refractivity contribution in [2.75, 3.05) is 31.1 Å². The van der Waals surface area contributed by atoms with Gasteiger partial charge < -0.3 is 15.0 Å². The molecule has 5 rings (SSSR count). The van der Waals surface area contributed by atoms with Crippen LogP contribution < -0.4 is 10.2 Å². The molecular weight excluding hydrogens is 557 g/mol. The van der Waals surface area contributed by atoms with Crippen LogP contribution in [0.15, 0.2) is 23.1 Å². The molecule has 1 aliphatic heterocycles. The topological polar surface area (TPSA) is 103 Å². The number of nitrogens with one attached hydrogen (secondary N) is 1. The number of sulfone groups is 1. The number of carbonyl (C=O) groups excluding carboxylic acids is 1. The highest BCUT2D eigenvalue weighted by Crippen LogP contribution is 2.44. The molecule has 0 aromatic heterocycles. The smallest absolute Gasteiger partial charge is 0.374 e. The summed E-state index contributed by atoms with van der Waals surface area (Å²) < 4.78 is 77.0. The Hall–Kier alpha value is -2.36. The lowest BCUT2D eigenvalue weighted by Gasteiger charge is -2.38. The van der Waals surface area contributed by atoms with Gasteiger partial charge >= 0.3 is 6.18 Å². The Morgan fingerprint density at radius 3 is 2.34 bits per heavy atom. The van der Waals surface area contributed by atoms with Crippen molar-refractivity contribution < 1.29 is 31.1 Å². The minimum atomic E-state index is -4.88. The Morgan fingerprint density at radius 2 is 1.78 bits per heavy atom. The first-order chi connectivity index (χ1) is 19.3. The molecule has 0 bridgehead atoms. The van der Waals surface area contributed by atoms with Crippen LogP contribution in [0.3, 0.4) is 0 Å². The van der Waals surface area contributed by atoms with E-state index in [1.54, 1.807) is 0 Å². The van der Waals surface area contributed by atoms with Gasteiger partial charge in [0.05, 0.1) is 39.9 Å². The Balaban J connectivity index is 1.40.